The summed E-state index contributed by atoms with van der Waals surface area (Å²) in [5.74, 6) is -6.87. The zero-order valence-electron chi connectivity index (χ0n) is 23.9. The molecule has 19 heteroatoms. The van der Waals surface area contributed by atoms with Crippen LogP contribution in [0.25, 0.3) is 0 Å². The van der Waals surface area contributed by atoms with E-state index in [1.807, 2.05) is 0 Å². The third-order valence-corrected chi connectivity index (χ3v) is 7.37. The molecule has 1 aromatic carbocycles. The number of amides is 6. The summed E-state index contributed by atoms with van der Waals surface area (Å²) in [6.07, 6.45) is 0.455. The van der Waals surface area contributed by atoms with Gasteiger partial charge in [0.1, 0.15) is 41.2 Å². The van der Waals surface area contributed by atoms with Crippen molar-refractivity contribution in [2.24, 2.45) is 11.5 Å². The van der Waals surface area contributed by atoms with E-state index in [0.717, 1.165) is 4.90 Å². The Bertz CT molecular complexity index is 1270. The average Bonchev–Trinajstić information content (AvgIpc) is 3.50. The number of carbonyl (C=O) groups is 7. The Balaban J connectivity index is 2.05. The van der Waals surface area contributed by atoms with E-state index in [0.29, 0.717) is 12.0 Å². The van der Waals surface area contributed by atoms with Gasteiger partial charge in [0.2, 0.25) is 35.4 Å². The number of phenolic OH excluding ortho intramolecular Hbond substituents is 1. The maximum Gasteiger partial charge on any atom is 0.318 e. The lowest BCUT2D eigenvalue weighted by molar-refractivity contribution is -0.143. The molecule has 1 aliphatic heterocycles. The van der Waals surface area contributed by atoms with E-state index < -0.39 is 96.6 Å². The number of nitrogens with two attached hydrogens (primary N) is 2. The molecule has 6 atom stereocenters. The molecule has 1 aliphatic rings. The lowest BCUT2D eigenvalue weighted by Crippen LogP contribution is -2.59. The number of phenols is 1. The van der Waals surface area contributed by atoms with E-state index in [1.165, 1.54) is 24.3 Å². The second-order valence-electron chi connectivity index (χ2n) is 10.1. The molecule has 0 aromatic heterocycles. The van der Waals surface area contributed by atoms with Crippen LogP contribution in [0.3, 0.4) is 0 Å². The van der Waals surface area contributed by atoms with Crippen LogP contribution in [0.15, 0.2) is 24.3 Å². The molecule has 1 fully saturated rings. The van der Waals surface area contributed by atoms with E-state index in [4.69, 9.17) is 16.6 Å². The Labute approximate surface area is 262 Å². The van der Waals surface area contributed by atoms with Gasteiger partial charge in [-0.2, -0.15) is 12.6 Å². The first-order valence-corrected chi connectivity index (χ1v) is 14.1. The van der Waals surface area contributed by atoms with Crippen LogP contribution in [0.2, 0.25) is 0 Å². The van der Waals surface area contributed by atoms with Crippen molar-refractivity contribution >= 4 is 54.0 Å². The Morgan fingerprint density at radius 2 is 1.53 bits per heavy atom. The Hall–Kier alpha value is -4.46. The predicted octanol–water partition coefficient (Wildman–Crippen LogP) is -5.32. The van der Waals surface area contributed by atoms with Crippen molar-refractivity contribution in [3.63, 3.8) is 0 Å². The van der Waals surface area contributed by atoms with Crippen molar-refractivity contribution in [2.45, 2.75) is 54.7 Å². The fourth-order valence-corrected chi connectivity index (χ4v) is 4.48. The van der Waals surface area contributed by atoms with Gasteiger partial charge in [0.25, 0.3) is 0 Å². The smallest absolute Gasteiger partial charge is 0.318 e. The summed E-state index contributed by atoms with van der Waals surface area (Å²) >= 11 is 3.73. The Morgan fingerprint density at radius 1 is 0.933 bits per heavy atom. The van der Waals surface area contributed by atoms with Gasteiger partial charge in [0, 0.05) is 13.0 Å². The lowest BCUT2D eigenvalue weighted by Gasteiger charge is -2.28. The van der Waals surface area contributed by atoms with Crippen LogP contribution in [0.1, 0.15) is 18.4 Å². The van der Waals surface area contributed by atoms with Gasteiger partial charge in [0.15, 0.2) is 0 Å². The maximum absolute atomic E-state index is 13.1. The zero-order chi connectivity index (χ0) is 33.8. The third kappa shape index (κ3) is 10.6. The highest BCUT2D eigenvalue weighted by atomic mass is 32.1. The highest BCUT2D eigenvalue weighted by Crippen LogP contribution is 2.19. The van der Waals surface area contributed by atoms with Crippen molar-refractivity contribution in [1.82, 2.24) is 26.2 Å². The standard InChI is InChI=1S/C26H37N7O11S/c27-19(20(45)26(43)44)24(41)32-16(11-35)25(42)33-7-1-2-17(33)23(40)29-9-18(37)30-14(8-12-3-5-13(36)6-4-12)22(39)31-15(10-34)21(28)38/h3-6,14-17,19-20,34-36,45H,1-2,7-11,27H2,(H2,28,38)(H,29,40)(H,30,37)(H,31,39)(H,32,41)(H,43,44)/t14-,15-,16-,17-,19-,20+/m0/s1. The molecule has 6 amide bonds. The van der Waals surface area contributed by atoms with Gasteiger partial charge >= 0.3 is 5.97 Å². The van der Waals surface area contributed by atoms with Gasteiger partial charge in [-0.3, -0.25) is 33.6 Å². The summed E-state index contributed by atoms with van der Waals surface area (Å²) in [6, 6.07) is -1.30. The molecule has 1 saturated heterocycles. The van der Waals surface area contributed by atoms with Gasteiger partial charge in [0.05, 0.1) is 19.8 Å². The second kappa shape index (κ2) is 17.1. The molecule has 0 radical (unpaired) electrons. The van der Waals surface area contributed by atoms with E-state index in [9.17, 15) is 48.9 Å². The average molecular weight is 656 g/mol. The molecule has 0 bridgehead atoms. The molecule has 12 N–H and O–H groups in total. The van der Waals surface area contributed by atoms with Crippen LogP contribution < -0.4 is 32.7 Å². The Kier molecular flexibility index (Phi) is 14.0. The molecule has 45 heavy (non-hydrogen) atoms. The molecule has 1 aromatic rings. The number of rotatable bonds is 16. The quantitative estimate of drug-likeness (QED) is 0.0744. The first-order valence-electron chi connectivity index (χ1n) is 13.6. The van der Waals surface area contributed by atoms with Crippen molar-refractivity contribution < 1.29 is 54.0 Å². The van der Waals surface area contributed by atoms with Crippen LogP contribution >= 0.6 is 12.6 Å². The van der Waals surface area contributed by atoms with Crippen molar-refractivity contribution in [3.05, 3.63) is 29.8 Å². The number of benzene rings is 1. The molecule has 18 nitrogen and oxygen atoms in total. The topological polar surface area (TPSA) is 304 Å². The SMILES string of the molecule is NC(=O)[C@H](CO)NC(=O)[C@H](Cc1ccc(O)cc1)NC(=O)CNC(=O)[C@@H]1CCCN1C(=O)[C@H](CO)NC(=O)[C@@H](N)[C@@H](S)C(=O)O. The molecular weight excluding hydrogens is 618 g/mol. The molecular formula is C26H37N7O11S. The van der Waals surface area contributed by atoms with E-state index >= 15 is 0 Å². The van der Waals surface area contributed by atoms with Gasteiger partial charge in [-0.25, -0.2) is 0 Å². The third-order valence-electron chi connectivity index (χ3n) is 6.83. The van der Waals surface area contributed by atoms with E-state index in [-0.39, 0.29) is 25.1 Å². The number of nitrogens with zero attached hydrogens (tertiary/aromatic N) is 1. The fraction of sp³-hybridized carbons (Fsp3) is 0.500. The highest BCUT2D eigenvalue weighted by molar-refractivity contribution is 7.81. The minimum absolute atomic E-state index is 0.0410. The molecule has 0 saturated carbocycles. The van der Waals surface area contributed by atoms with Gasteiger partial charge < -0.3 is 58.1 Å². The fourth-order valence-electron chi connectivity index (χ4n) is 4.34. The number of aliphatic hydroxyl groups excluding tert-OH is 2. The van der Waals surface area contributed by atoms with Crippen LogP contribution in [-0.2, 0) is 40.0 Å². The first-order chi connectivity index (χ1) is 21.2. The van der Waals surface area contributed by atoms with E-state index in [1.54, 1.807) is 0 Å². The lowest BCUT2D eigenvalue weighted by atomic mass is 10.0. The van der Waals surface area contributed by atoms with Crippen molar-refractivity contribution in [2.75, 3.05) is 26.3 Å². The largest absolute Gasteiger partial charge is 0.508 e. The number of hydrogen-bond acceptors (Lipinski definition) is 12. The predicted molar refractivity (Wildman–Crippen MR) is 157 cm³/mol. The summed E-state index contributed by atoms with van der Waals surface area (Å²) in [5.41, 5.74) is 11.2. The number of primary amides is 1. The van der Waals surface area contributed by atoms with Crippen LogP contribution in [0.5, 0.6) is 5.75 Å². The van der Waals surface area contributed by atoms with Crippen LogP contribution in [0, 0.1) is 0 Å². The second-order valence-corrected chi connectivity index (χ2v) is 10.7. The van der Waals surface area contributed by atoms with Crippen LogP contribution in [-0.4, -0.2) is 129 Å². The molecule has 0 aliphatic carbocycles. The minimum atomic E-state index is -1.64. The van der Waals surface area contributed by atoms with Gasteiger partial charge in [-0.1, -0.05) is 12.1 Å². The van der Waals surface area contributed by atoms with Crippen molar-refractivity contribution in [1.29, 1.82) is 0 Å². The molecule has 0 spiro atoms. The number of aromatic hydroxyl groups is 1. The molecule has 1 heterocycles. The molecule has 248 valence electrons. The van der Waals surface area contributed by atoms with Crippen LogP contribution in [0.4, 0.5) is 0 Å². The number of aliphatic carboxylic acids is 1. The Morgan fingerprint density at radius 3 is 2.09 bits per heavy atom. The number of aliphatic hydroxyl groups is 2. The van der Waals surface area contributed by atoms with E-state index in [2.05, 4.69) is 33.9 Å². The van der Waals surface area contributed by atoms with Crippen molar-refractivity contribution in [3.8, 4) is 5.75 Å². The zero-order valence-corrected chi connectivity index (χ0v) is 24.8. The number of likely N-dealkylation sites (tertiary alicyclic amines) is 1. The summed E-state index contributed by atoms with van der Waals surface area (Å²) in [6.45, 7) is -2.23. The number of carboxylic acids is 1. The molecule has 2 rings (SSSR count). The number of nitrogens with one attached hydrogen (secondary N) is 4. The summed E-state index contributed by atoms with van der Waals surface area (Å²) in [7, 11) is 0. The monoisotopic (exact) mass is 655 g/mol. The maximum atomic E-state index is 13.1. The normalized spacial score (nSPS) is 17.6. The molecule has 0 unspecified atom stereocenters. The van der Waals surface area contributed by atoms with Gasteiger partial charge in [-0.15, -0.1) is 0 Å². The highest BCUT2D eigenvalue weighted by Gasteiger charge is 2.39. The number of hydrogen-bond donors (Lipinski definition) is 11. The minimum Gasteiger partial charge on any atom is -0.508 e. The number of carbonyl (C=O) groups excluding carboxylic acids is 6. The number of carboxylic acid groups (broad SMARTS) is 1. The first kappa shape index (κ1) is 36.7. The number of thiol groups is 1. The summed E-state index contributed by atoms with van der Waals surface area (Å²) < 4.78 is 0. The summed E-state index contributed by atoms with van der Waals surface area (Å²) in [5, 5.41) is 45.1. The summed E-state index contributed by atoms with van der Waals surface area (Å²) in [4.78, 5) is 87.6. The van der Waals surface area contributed by atoms with Gasteiger partial charge in [-0.05, 0) is 30.5 Å².